The second-order valence-corrected chi connectivity index (χ2v) is 10.2. The summed E-state index contributed by atoms with van der Waals surface area (Å²) in [5.74, 6) is -0.481. The van der Waals surface area contributed by atoms with Crippen molar-refractivity contribution in [1.29, 1.82) is 0 Å². The Hall–Kier alpha value is -4.97. The van der Waals surface area contributed by atoms with E-state index in [0.717, 1.165) is 49.6 Å². The van der Waals surface area contributed by atoms with Crippen LogP contribution in [-0.4, -0.2) is 0 Å². The summed E-state index contributed by atoms with van der Waals surface area (Å²) in [7, 11) is 0. The molecule has 12 heteroatoms. The van der Waals surface area contributed by atoms with Gasteiger partial charge in [-0.25, -0.2) is 26.3 Å². The van der Waals surface area contributed by atoms with Crippen LogP contribution in [0.25, 0.3) is 0 Å². The Balaban J connectivity index is 1.49. The number of unbranched alkanes of at least 4 members (excludes halogenated alkanes) is 2. The molecule has 0 spiro atoms. The van der Waals surface area contributed by atoms with Crippen LogP contribution in [0.4, 0.5) is 48.3 Å². The van der Waals surface area contributed by atoms with Crippen LogP contribution >= 0.6 is 0 Å². The van der Waals surface area contributed by atoms with Crippen molar-refractivity contribution in [2.75, 3.05) is 0 Å². The first-order valence-corrected chi connectivity index (χ1v) is 13.8. The predicted molar refractivity (Wildman–Crippen MR) is 150 cm³/mol. The quantitative estimate of drug-likeness (QED) is 0.108. The molecule has 0 atom stereocenters. The van der Waals surface area contributed by atoms with Gasteiger partial charge in [-0.05, 0) is 73.0 Å². The van der Waals surface area contributed by atoms with Gasteiger partial charge in [-0.3, -0.25) is 0 Å². The lowest BCUT2D eigenvalue weighted by Crippen LogP contribution is -2.23. The van der Waals surface area contributed by atoms with E-state index in [1.807, 2.05) is 6.92 Å². The zero-order valence-corrected chi connectivity index (χ0v) is 24.2. The number of alkyl halides is 5. The minimum Gasteiger partial charge on any atom is -0.429 e. The Morgan fingerprint density at radius 1 is 0.596 bits per heavy atom. The number of benzene rings is 4. The fourth-order valence-corrected chi connectivity index (χ4v) is 4.35. The van der Waals surface area contributed by atoms with Crippen molar-refractivity contribution in [1.82, 2.24) is 0 Å². The first-order valence-electron chi connectivity index (χ1n) is 13.8. The average molecular weight is 667 g/mol. The maximum absolute atomic E-state index is 14.8. The summed E-state index contributed by atoms with van der Waals surface area (Å²) in [5.41, 5.74) is -4.76. The molecule has 4 rings (SSSR count). The van der Waals surface area contributed by atoms with Gasteiger partial charge in [-0.15, -0.1) is 0 Å². The Morgan fingerprint density at radius 2 is 1.21 bits per heavy atom. The van der Waals surface area contributed by atoms with Crippen LogP contribution in [0.1, 0.15) is 65.1 Å². The number of aryl methyl sites for hydroxylation is 1. The lowest BCUT2D eigenvalue weighted by molar-refractivity contribution is -0.187. The van der Waals surface area contributed by atoms with E-state index < -0.39 is 80.8 Å². The fourth-order valence-electron chi connectivity index (χ4n) is 4.35. The molecule has 0 saturated heterocycles. The third kappa shape index (κ3) is 8.64. The molecule has 0 aliphatic rings. The van der Waals surface area contributed by atoms with Crippen LogP contribution in [0.3, 0.4) is 0 Å². The predicted octanol–water partition coefficient (Wildman–Crippen LogP) is 10.2. The summed E-state index contributed by atoms with van der Waals surface area (Å²) < 4.78 is 158. The number of halogens is 11. The summed E-state index contributed by atoms with van der Waals surface area (Å²) >= 11 is 0. The SMILES string of the molecule is CCCCCc1cc(F)c(C#Cc2ccc(C(F)(F)Oc3ccc(C#Cc4cc(F)c(C(F)(F)F)c(F)c4)c(F)c3)c(F)c2)c(F)c1. The molecule has 0 amide bonds. The molecule has 244 valence electrons. The molecule has 4 aromatic carbocycles. The van der Waals surface area contributed by atoms with Crippen LogP contribution in [0, 0.1) is 58.6 Å². The number of hydrogen-bond donors (Lipinski definition) is 0. The molecule has 0 heterocycles. The van der Waals surface area contributed by atoms with Gasteiger partial charge in [0.05, 0.1) is 11.1 Å². The van der Waals surface area contributed by atoms with Crippen LogP contribution < -0.4 is 4.74 Å². The molecule has 4 aromatic rings. The van der Waals surface area contributed by atoms with Crippen molar-refractivity contribution >= 4 is 0 Å². The molecule has 0 aromatic heterocycles. The molecule has 0 fully saturated rings. The van der Waals surface area contributed by atoms with E-state index in [1.54, 1.807) is 0 Å². The molecule has 0 aliphatic carbocycles. The van der Waals surface area contributed by atoms with E-state index in [9.17, 15) is 48.3 Å². The smallest absolute Gasteiger partial charge is 0.429 e. The number of rotatable bonds is 7. The maximum atomic E-state index is 14.8. The molecule has 0 aliphatic heterocycles. The Kier molecular flexibility index (Phi) is 10.5. The monoisotopic (exact) mass is 666 g/mol. The highest BCUT2D eigenvalue weighted by atomic mass is 19.4. The maximum Gasteiger partial charge on any atom is 0.429 e. The first-order chi connectivity index (χ1) is 22.1. The molecule has 0 saturated carbocycles. The van der Waals surface area contributed by atoms with E-state index in [0.29, 0.717) is 42.3 Å². The van der Waals surface area contributed by atoms with Crippen LogP contribution in [0.5, 0.6) is 5.75 Å². The molecule has 47 heavy (non-hydrogen) atoms. The average Bonchev–Trinajstić information content (AvgIpc) is 2.95. The number of ether oxygens (including phenoxy) is 1. The van der Waals surface area contributed by atoms with Crippen LogP contribution in [-0.2, 0) is 18.7 Å². The van der Waals surface area contributed by atoms with Gasteiger partial charge >= 0.3 is 12.3 Å². The number of hydrogen-bond acceptors (Lipinski definition) is 1. The van der Waals surface area contributed by atoms with Crippen molar-refractivity contribution in [3.63, 3.8) is 0 Å². The van der Waals surface area contributed by atoms with E-state index >= 15 is 0 Å². The topological polar surface area (TPSA) is 9.23 Å². The van der Waals surface area contributed by atoms with Gasteiger partial charge in [0, 0.05) is 17.2 Å². The fraction of sp³-hybridized carbons (Fsp3) is 0.200. The van der Waals surface area contributed by atoms with Gasteiger partial charge < -0.3 is 4.74 Å². The molecular formula is C35H21F11O. The van der Waals surface area contributed by atoms with Crippen molar-refractivity contribution in [3.8, 4) is 29.4 Å². The van der Waals surface area contributed by atoms with E-state index in [-0.39, 0.29) is 5.56 Å². The van der Waals surface area contributed by atoms with E-state index in [4.69, 9.17) is 0 Å². The van der Waals surface area contributed by atoms with Crippen molar-refractivity contribution < 1.29 is 53.0 Å². The van der Waals surface area contributed by atoms with Gasteiger partial charge in [-0.1, -0.05) is 43.4 Å². The van der Waals surface area contributed by atoms with E-state index in [2.05, 4.69) is 28.4 Å². The van der Waals surface area contributed by atoms with Gasteiger partial charge in [0.25, 0.3) is 0 Å². The highest BCUT2D eigenvalue weighted by molar-refractivity contribution is 5.48. The second kappa shape index (κ2) is 14.2. The highest BCUT2D eigenvalue weighted by Crippen LogP contribution is 2.35. The van der Waals surface area contributed by atoms with E-state index in [1.165, 1.54) is 0 Å². The zero-order valence-electron chi connectivity index (χ0n) is 24.2. The Bertz CT molecular complexity index is 1880. The minimum atomic E-state index is -5.30. The van der Waals surface area contributed by atoms with Crippen molar-refractivity contribution in [2.24, 2.45) is 0 Å². The van der Waals surface area contributed by atoms with Gasteiger partial charge in [0.2, 0.25) is 0 Å². The summed E-state index contributed by atoms with van der Waals surface area (Å²) in [6.45, 7) is 1.99. The van der Waals surface area contributed by atoms with Gasteiger partial charge in [0.1, 0.15) is 51.8 Å². The third-order valence-electron chi connectivity index (χ3n) is 6.64. The molecular weight excluding hydrogens is 645 g/mol. The molecule has 0 radical (unpaired) electrons. The van der Waals surface area contributed by atoms with Crippen molar-refractivity contribution in [3.05, 3.63) is 135 Å². The lowest BCUT2D eigenvalue weighted by Gasteiger charge is -2.19. The molecule has 1 nitrogen and oxygen atoms in total. The Morgan fingerprint density at radius 3 is 1.79 bits per heavy atom. The molecule has 0 unspecified atom stereocenters. The van der Waals surface area contributed by atoms with Crippen molar-refractivity contribution in [2.45, 2.75) is 44.9 Å². The van der Waals surface area contributed by atoms with Crippen LogP contribution in [0.15, 0.2) is 60.7 Å². The largest absolute Gasteiger partial charge is 0.429 e. The lowest BCUT2D eigenvalue weighted by atomic mass is 10.0. The summed E-state index contributed by atoms with van der Waals surface area (Å²) in [4.78, 5) is 0. The molecule has 0 N–H and O–H groups in total. The molecule has 0 bridgehead atoms. The second-order valence-electron chi connectivity index (χ2n) is 10.2. The summed E-state index contributed by atoms with van der Waals surface area (Å²) in [6, 6.07) is 7.20. The summed E-state index contributed by atoms with van der Waals surface area (Å²) in [6.07, 6.45) is -6.61. The third-order valence-corrected chi connectivity index (χ3v) is 6.64. The highest BCUT2D eigenvalue weighted by Gasteiger charge is 2.39. The Labute approximate surface area is 262 Å². The zero-order chi connectivity index (χ0) is 34.5. The van der Waals surface area contributed by atoms with Crippen LogP contribution in [0.2, 0.25) is 0 Å². The standard InChI is InChI=1S/C35H21F11O/c1-2-3-4-5-21-15-28(37)25(29(38)16-21)12-7-20-8-13-26(30(39)14-20)35(45,46)47-24-11-10-23(27(36)19-24)9-6-22-17-31(40)33(32(41)18-22)34(42,43)44/h8,10-11,13-19H,2-5H2,1H3. The van der Waals surface area contributed by atoms with Gasteiger partial charge in [-0.2, -0.15) is 22.0 Å². The minimum absolute atomic E-state index is 0.186. The van der Waals surface area contributed by atoms with Gasteiger partial charge in [0.15, 0.2) is 0 Å². The first kappa shape index (κ1) is 34.9. The normalized spacial score (nSPS) is 11.4. The summed E-state index contributed by atoms with van der Waals surface area (Å²) in [5, 5.41) is 0.